The molecule has 4 rings (SSSR count). The molecule has 170 valence electrons. The third kappa shape index (κ3) is 4.95. The predicted molar refractivity (Wildman–Crippen MR) is 122 cm³/mol. The van der Waals surface area contributed by atoms with Gasteiger partial charge in [-0.25, -0.2) is 4.98 Å². The van der Waals surface area contributed by atoms with Gasteiger partial charge in [0.1, 0.15) is 6.10 Å². The van der Waals surface area contributed by atoms with Gasteiger partial charge in [-0.2, -0.15) is 5.26 Å². The number of aromatic nitrogens is 2. The normalized spacial score (nSPS) is 16.3. The molecule has 0 bridgehead atoms. The minimum Gasteiger partial charge on any atom is -0.388 e. The first kappa shape index (κ1) is 22.6. The lowest BCUT2D eigenvalue weighted by Crippen LogP contribution is -2.52. The molecule has 0 radical (unpaired) electrons. The predicted octanol–water partition coefficient (Wildman–Crippen LogP) is 1.88. The third-order valence-corrected chi connectivity index (χ3v) is 6.25. The number of hydrogen-bond donors (Lipinski definition) is 1. The SMILES string of the molecule is COC(Cc1ccccc1)C(=O)N1CCC(O)(Cn2cnc3cc(C#N)ccc3c2=O)CC1. The highest BCUT2D eigenvalue weighted by Gasteiger charge is 2.36. The van der Waals surface area contributed by atoms with Crippen LogP contribution in [0.5, 0.6) is 0 Å². The van der Waals surface area contributed by atoms with Gasteiger partial charge in [0, 0.05) is 26.6 Å². The Morgan fingerprint density at radius 2 is 1.97 bits per heavy atom. The van der Waals surface area contributed by atoms with Gasteiger partial charge in [-0.1, -0.05) is 30.3 Å². The number of aliphatic hydroxyl groups is 1. The van der Waals surface area contributed by atoms with Gasteiger partial charge in [0.2, 0.25) is 0 Å². The van der Waals surface area contributed by atoms with E-state index in [9.17, 15) is 14.7 Å². The molecule has 1 atom stereocenters. The molecule has 8 heteroatoms. The standard InChI is InChI=1S/C25H26N4O4/c1-33-22(14-18-5-3-2-4-6-18)24(31)28-11-9-25(32,10-12-28)16-29-17-27-21-13-19(15-26)7-8-20(21)23(29)30/h2-8,13,17,22,32H,9-12,14,16H2,1H3. The Bertz CT molecular complexity index is 1240. The lowest BCUT2D eigenvalue weighted by atomic mass is 9.90. The summed E-state index contributed by atoms with van der Waals surface area (Å²) in [6.07, 6.45) is 2.01. The van der Waals surface area contributed by atoms with Crippen LogP contribution in [0.1, 0.15) is 24.0 Å². The van der Waals surface area contributed by atoms with Crippen LogP contribution in [-0.4, -0.2) is 57.4 Å². The first-order valence-corrected chi connectivity index (χ1v) is 10.9. The molecule has 0 saturated carbocycles. The molecule has 1 aromatic heterocycles. The van der Waals surface area contributed by atoms with Gasteiger partial charge in [0.05, 0.1) is 41.0 Å². The van der Waals surface area contributed by atoms with Crippen molar-refractivity contribution in [1.82, 2.24) is 14.5 Å². The number of nitriles is 1. The van der Waals surface area contributed by atoms with Crippen molar-refractivity contribution >= 4 is 16.8 Å². The summed E-state index contributed by atoms with van der Waals surface area (Å²) in [4.78, 5) is 31.9. The number of hydrogen-bond acceptors (Lipinski definition) is 6. The molecule has 1 saturated heterocycles. The number of fused-ring (bicyclic) bond motifs is 1. The van der Waals surface area contributed by atoms with E-state index in [0.717, 1.165) is 5.56 Å². The van der Waals surface area contributed by atoms with Crippen LogP contribution in [0, 0.1) is 11.3 Å². The summed E-state index contributed by atoms with van der Waals surface area (Å²) in [5.74, 6) is -0.0961. The number of likely N-dealkylation sites (tertiary alicyclic amines) is 1. The second-order valence-corrected chi connectivity index (χ2v) is 8.49. The molecule has 1 aliphatic heterocycles. The quantitative estimate of drug-likeness (QED) is 0.619. The molecular formula is C25H26N4O4. The fraction of sp³-hybridized carbons (Fsp3) is 0.360. The maximum absolute atomic E-state index is 13.0. The van der Waals surface area contributed by atoms with Gasteiger partial charge >= 0.3 is 0 Å². The van der Waals surface area contributed by atoms with E-state index in [-0.39, 0.29) is 18.0 Å². The third-order valence-electron chi connectivity index (χ3n) is 6.25. The minimum atomic E-state index is -1.12. The number of piperidine rings is 1. The molecule has 1 N–H and O–H groups in total. The summed E-state index contributed by atoms with van der Waals surface area (Å²) in [6.45, 7) is 0.852. The minimum absolute atomic E-state index is 0.0918. The molecule has 1 fully saturated rings. The fourth-order valence-corrected chi connectivity index (χ4v) is 4.26. The van der Waals surface area contributed by atoms with Crippen molar-refractivity contribution in [3.63, 3.8) is 0 Å². The van der Waals surface area contributed by atoms with E-state index in [1.807, 2.05) is 36.4 Å². The van der Waals surface area contributed by atoms with E-state index >= 15 is 0 Å². The summed E-state index contributed by atoms with van der Waals surface area (Å²) in [5, 5.41) is 20.6. The van der Waals surface area contributed by atoms with Crippen LogP contribution >= 0.6 is 0 Å². The maximum atomic E-state index is 13.0. The summed E-state index contributed by atoms with van der Waals surface area (Å²) in [5.41, 5.74) is 0.524. The highest BCUT2D eigenvalue weighted by atomic mass is 16.5. The van der Waals surface area contributed by atoms with Crippen LogP contribution in [0.4, 0.5) is 0 Å². The summed E-state index contributed by atoms with van der Waals surface area (Å²) < 4.78 is 6.86. The monoisotopic (exact) mass is 446 g/mol. The van der Waals surface area contributed by atoms with Gasteiger partial charge < -0.3 is 14.7 Å². The molecule has 0 spiro atoms. The number of amides is 1. The number of carbonyl (C=O) groups is 1. The number of benzene rings is 2. The maximum Gasteiger partial charge on any atom is 0.261 e. The summed E-state index contributed by atoms with van der Waals surface area (Å²) in [7, 11) is 1.53. The zero-order valence-electron chi connectivity index (χ0n) is 18.5. The Morgan fingerprint density at radius 3 is 2.64 bits per heavy atom. The molecule has 33 heavy (non-hydrogen) atoms. The van der Waals surface area contributed by atoms with E-state index in [1.165, 1.54) is 18.0 Å². The number of rotatable bonds is 6. The van der Waals surface area contributed by atoms with Crippen LogP contribution < -0.4 is 5.56 Å². The lowest BCUT2D eigenvalue weighted by molar-refractivity contribution is -0.146. The molecule has 2 heterocycles. The van der Waals surface area contributed by atoms with E-state index < -0.39 is 11.7 Å². The van der Waals surface area contributed by atoms with Crippen LogP contribution in [0.25, 0.3) is 10.9 Å². The Kier molecular flexibility index (Phi) is 6.54. The lowest BCUT2D eigenvalue weighted by Gasteiger charge is -2.39. The van der Waals surface area contributed by atoms with Crippen molar-refractivity contribution in [1.29, 1.82) is 5.26 Å². The Labute approximate surface area is 191 Å². The number of nitrogens with zero attached hydrogens (tertiary/aromatic N) is 4. The van der Waals surface area contributed by atoms with Crippen LogP contribution in [0.2, 0.25) is 0 Å². The van der Waals surface area contributed by atoms with Crippen molar-refractivity contribution in [3.05, 3.63) is 76.3 Å². The molecular weight excluding hydrogens is 420 g/mol. The molecule has 1 unspecified atom stereocenters. The first-order valence-electron chi connectivity index (χ1n) is 10.9. The number of carbonyl (C=O) groups excluding carboxylic acids is 1. The molecule has 1 amide bonds. The van der Waals surface area contributed by atoms with Crippen LogP contribution in [0.15, 0.2) is 59.7 Å². The Hall–Kier alpha value is -3.54. The van der Waals surface area contributed by atoms with Gasteiger partial charge in [0.25, 0.3) is 11.5 Å². The van der Waals surface area contributed by atoms with Crippen molar-refractivity contribution in [2.45, 2.75) is 37.5 Å². The van der Waals surface area contributed by atoms with E-state index in [0.29, 0.717) is 48.8 Å². The molecule has 2 aromatic carbocycles. The van der Waals surface area contributed by atoms with Gasteiger partial charge in [0.15, 0.2) is 0 Å². The van der Waals surface area contributed by atoms with Crippen molar-refractivity contribution in [2.24, 2.45) is 0 Å². The topological polar surface area (TPSA) is 108 Å². The van der Waals surface area contributed by atoms with Crippen molar-refractivity contribution in [2.75, 3.05) is 20.2 Å². The summed E-state index contributed by atoms with van der Waals surface area (Å²) >= 11 is 0. The molecule has 0 aliphatic carbocycles. The van der Waals surface area contributed by atoms with Crippen LogP contribution in [-0.2, 0) is 22.5 Å². The highest BCUT2D eigenvalue weighted by molar-refractivity contribution is 5.81. The second-order valence-electron chi connectivity index (χ2n) is 8.49. The molecule has 1 aliphatic rings. The Morgan fingerprint density at radius 1 is 1.24 bits per heavy atom. The fourth-order valence-electron chi connectivity index (χ4n) is 4.26. The van der Waals surface area contributed by atoms with Crippen molar-refractivity contribution in [3.8, 4) is 6.07 Å². The highest BCUT2D eigenvalue weighted by Crippen LogP contribution is 2.25. The number of ether oxygens (including phenoxy) is 1. The average molecular weight is 447 g/mol. The largest absolute Gasteiger partial charge is 0.388 e. The van der Waals surface area contributed by atoms with Gasteiger partial charge in [-0.05, 0) is 36.6 Å². The molecule has 8 nitrogen and oxygen atoms in total. The second kappa shape index (κ2) is 9.53. The van der Waals surface area contributed by atoms with E-state index in [2.05, 4.69) is 4.98 Å². The Balaban J connectivity index is 1.42. The van der Waals surface area contributed by atoms with Gasteiger partial charge in [-0.3, -0.25) is 14.2 Å². The zero-order chi connectivity index (χ0) is 23.4. The van der Waals surface area contributed by atoms with E-state index in [4.69, 9.17) is 10.00 Å². The molecule has 3 aromatic rings. The smallest absolute Gasteiger partial charge is 0.261 e. The number of methoxy groups -OCH3 is 1. The van der Waals surface area contributed by atoms with E-state index in [1.54, 1.807) is 23.1 Å². The summed E-state index contributed by atoms with van der Waals surface area (Å²) in [6, 6.07) is 16.5. The van der Waals surface area contributed by atoms with Crippen LogP contribution in [0.3, 0.4) is 0 Å². The van der Waals surface area contributed by atoms with Crippen molar-refractivity contribution < 1.29 is 14.6 Å². The average Bonchev–Trinajstić information content (AvgIpc) is 2.84. The first-order chi connectivity index (χ1) is 15.9. The van der Waals surface area contributed by atoms with Gasteiger partial charge in [-0.15, -0.1) is 0 Å². The zero-order valence-corrected chi connectivity index (χ0v) is 18.5.